The molecule has 0 aliphatic carbocycles. The third kappa shape index (κ3) is 3.08. The number of ether oxygens (including phenoxy) is 1. The van der Waals surface area contributed by atoms with Crippen LogP contribution in [-0.4, -0.2) is 22.5 Å². The van der Waals surface area contributed by atoms with E-state index in [0.717, 1.165) is 16.5 Å². The number of aryl methyl sites for hydroxylation is 1. The van der Waals surface area contributed by atoms with Crippen LogP contribution in [0.15, 0.2) is 35.7 Å². The summed E-state index contributed by atoms with van der Waals surface area (Å²) in [6.07, 6.45) is 3.70. The first-order valence-electron chi connectivity index (χ1n) is 5.73. The highest BCUT2D eigenvalue weighted by atomic mass is 32.2. The Labute approximate surface area is 116 Å². The largest absolute Gasteiger partial charge is 0.496 e. The number of methoxy groups -OCH3 is 1. The average Bonchev–Trinajstić information content (AvgIpc) is 2.81. The minimum atomic E-state index is 0.0140. The first kappa shape index (κ1) is 13.5. The molecule has 5 nitrogen and oxygen atoms in total. The zero-order valence-electron chi connectivity index (χ0n) is 10.9. The number of hydrogen-bond acceptors (Lipinski definition) is 4. The van der Waals surface area contributed by atoms with Gasteiger partial charge in [0.1, 0.15) is 11.6 Å². The molecule has 0 aliphatic rings. The van der Waals surface area contributed by atoms with Crippen molar-refractivity contribution in [3.8, 4) is 5.75 Å². The molecule has 0 amide bonds. The van der Waals surface area contributed by atoms with E-state index in [9.17, 15) is 0 Å². The topological polar surface area (TPSA) is 76.9 Å². The Balaban J connectivity index is 2.13. The fourth-order valence-corrected chi connectivity index (χ4v) is 2.56. The summed E-state index contributed by atoms with van der Waals surface area (Å²) in [6.45, 7) is 0. The predicted octanol–water partition coefficient (Wildman–Crippen LogP) is 2.01. The lowest BCUT2D eigenvalue weighted by molar-refractivity contribution is 0.413. The molecule has 0 bridgehead atoms. The van der Waals surface area contributed by atoms with E-state index in [1.54, 1.807) is 25.1 Å². The Morgan fingerprint density at radius 1 is 1.53 bits per heavy atom. The van der Waals surface area contributed by atoms with Crippen LogP contribution in [0.2, 0.25) is 0 Å². The number of nitrogens with two attached hydrogens (primary N) is 1. The van der Waals surface area contributed by atoms with Crippen molar-refractivity contribution >= 4 is 17.6 Å². The summed E-state index contributed by atoms with van der Waals surface area (Å²) >= 11 is 1.65. The molecule has 2 rings (SSSR count). The molecule has 2 aromatic rings. The predicted molar refractivity (Wildman–Crippen MR) is 76.8 cm³/mol. The summed E-state index contributed by atoms with van der Waals surface area (Å²) in [5, 5.41) is 8.44. The fourth-order valence-electron chi connectivity index (χ4n) is 1.69. The van der Waals surface area contributed by atoms with Crippen molar-refractivity contribution in [3.63, 3.8) is 0 Å². The monoisotopic (exact) mass is 276 g/mol. The van der Waals surface area contributed by atoms with Gasteiger partial charge in [-0.25, -0.2) is 4.98 Å². The number of aromatic nitrogens is 2. The van der Waals surface area contributed by atoms with E-state index in [1.807, 2.05) is 36.0 Å². The lowest BCUT2D eigenvalue weighted by atomic mass is 10.1. The van der Waals surface area contributed by atoms with E-state index in [-0.39, 0.29) is 5.84 Å². The summed E-state index contributed by atoms with van der Waals surface area (Å²) in [5.74, 6) is 1.44. The van der Waals surface area contributed by atoms with Crippen molar-refractivity contribution in [3.05, 3.63) is 41.7 Å². The van der Waals surface area contributed by atoms with Gasteiger partial charge in [0, 0.05) is 25.2 Å². The van der Waals surface area contributed by atoms with Crippen LogP contribution in [0.4, 0.5) is 0 Å². The van der Waals surface area contributed by atoms with Gasteiger partial charge >= 0.3 is 0 Å². The maximum absolute atomic E-state index is 7.47. The highest BCUT2D eigenvalue weighted by molar-refractivity contribution is 7.98. The Morgan fingerprint density at radius 2 is 2.32 bits per heavy atom. The molecule has 0 aliphatic heterocycles. The number of imidazole rings is 1. The third-order valence-corrected chi connectivity index (χ3v) is 3.83. The van der Waals surface area contributed by atoms with Crippen LogP contribution in [0.25, 0.3) is 0 Å². The number of thioether (sulfide) groups is 1. The molecule has 0 fully saturated rings. The molecule has 0 atom stereocenters. The van der Waals surface area contributed by atoms with Gasteiger partial charge in [-0.05, 0) is 17.7 Å². The third-order valence-electron chi connectivity index (χ3n) is 2.70. The molecule has 3 N–H and O–H groups in total. The van der Waals surface area contributed by atoms with Crippen LogP contribution in [0.3, 0.4) is 0 Å². The van der Waals surface area contributed by atoms with E-state index in [2.05, 4.69) is 4.98 Å². The minimum Gasteiger partial charge on any atom is -0.496 e. The normalized spacial score (nSPS) is 10.4. The standard InChI is InChI=1S/C13H16N4OS/c1-17-6-5-16-13(17)19-8-9-3-4-10(12(14)15)11(7-9)18-2/h3-7H,8H2,1-2H3,(H3,14,15). The molecule has 6 heteroatoms. The summed E-state index contributed by atoms with van der Waals surface area (Å²) in [6, 6.07) is 5.68. The second-order valence-corrected chi connectivity index (χ2v) is 5.00. The van der Waals surface area contributed by atoms with Gasteiger partial charge in [-0.2, -0.15) is 0 Å². The number of amidine groups is 1. The molecular formula is C13H16N4OS. The van der Waals surface area contributed by atoms with Crippen LogP contribution in [0.5, 0.6) is 5.75 Å². The van der Waals surface area contributed by atoms with Crippen LogP contribution in [0.1, 0.15) is 11.1 Å². The second kappa shape index (κ2) is 5.79. The zero-order chi connectivity index (χ0) is 13.8. The van der Waals surface area contributed by atoms with Crippen molar-refractivity contribution in [1.82, 2.24) is 9.55 Å². The zero-order valence-corrected chi connectivity index (χ0v) is 11.7. The van der Waals surface area contributed by atoms with Crippen LogP contribution >= 0.6 is 11.8 Å². The molecule has 0 unspecified atom stereocenters. The molecule has 0 spiro atoms. The number of rotatable bonds is 5. The smallest absolute Gasteiger partial charge is 0.167 e. The molecule has 1 heterocycles. The van der Waals surface area contributed by atoms with Gasteiger partial charge in [0.05, 0.1) is 12.7 Å². The maximum atomic E-state index is 7.47. The number of benzene rings is 1. The highest BCUT2D eigenvalue weighted by Crippen LogP contribution is 2.25. The number of nitrogens with zero attached hydrogens (tertiary/aromatic N) is 2. The quantitative estimate of drug-likeness (QED) is 0.497. The van der Waals surface area contributed by atoms with Gasteiger partial charge < -0.3 is 15.0 Å². The molecule has 0 saturated heterocycles. The van der Waals surface area contributed by atoms with Gasteiger partial charge in [-0.1, -0.05) is 17.8 Å². The summed E-state index contributed by atoms with van der Waals surface area (Å²) in [7, 11) is 3.55. The van der Waals surface area contributed by atoms with Crippen molar-refractivity contribution < 1.29 is 4.74 Å². The lowest BCUT2D eigenvalue weighted by Crippen LogP contribution is -2.12. The minimum absolute atomic E-state index is 0.0140. The maximum Gasteiger partial charge on any atom is 0.167 e. The molecule has 19 heavy (non-hydrogen) atoms. The Bertz CT molecular complexity index is 594. The van der Waals surface area contributed by atoms with E-state index < -0.39 is 0 Å². The number of hydrogen-bond donors (Lipinski definition) is 2. The average molecular weight is 276 g/mol. The van der Waals surface area contributed by atoms with E-state index in [4.69, 9.17) is 15.9 Å². The van der Waals surface area contributed by atoms with Crippen molar-refractivity contribution in [2.45, 2.75) is 10.9 Å². The summed E-state index contributed by atoms with van der Waals surface area (Å²) < 4.78 is 7.24. The Kier molecular flexibility index (Phi) is 4.11. The molecular weight excluding hydrogens is 260 g/mol. The Hall–Kier alpha value is -1.95. The molecule has 0 saturated carbocycles. The lowest BCUT2D eigenvalue weighted by Gasteiger charge is -2.09. The molecule has 100 valence electrons. The molecule has 1 aromatic carbocycles. The van der Waals surface area contributed by atoms with E-state index >= 15 is 0 Å². The van der Waals surface area contributed by atoms with Gasteiger partial charge in [0.15, 0.2) is 5.16 Å². The van der Waals surface area contributed by atoms with Crippen molar-refractivity contribution in [1.29, 1.82) is 5.41 Å². The van der Waals surface area contributed by atoms with Gasteiger partial charge in [0.25, 0.3) is 0 Å². The second-order valence-electron chi connectivity index (χ2n) is 4.06. The van der Waals surface area contributed by atoms with Crippen LogP contribution < -0.4 is 10.5 Å². The molecule has 0 radical (unpaired) electrons. The van der Waals surface area contributed by atoms with Gasteiger partial charge in [-0.3, -0.25) is 5.41 Å². The van der Waals surface area contributed by atoms with E-state index in [1.165, 1.54) is 0 Å². The summed E-state index contributed by atoms with van der Waals surface area (Å²) in [4.78, 5) is 4.26. The van der Waals surface area contributed by atoms with Gasteiger partial charge in [-0.15, -0.1) is 0 Å². The first-order chi connectivity index (χ1) is 9.11. The van der Waals surface area contributed by atoms with Crippen LogP contribution in [0, 0.1) is 5.41 Å². The van der Waals surface area contributed by atoms with Crippen molar-refractivity contribution in [2.24, 2.45) is 12.8 Å². The van der Waals surface area contributed by atoms with Gasteiger partial charge in [0.2, 0.25) is 0 Å². The SMILES string of the molecule is COc1cc(CSc2nccn2C)ccc1C(=N)N. The summed E-state index contributed by atoms with van der Waals surface area (Å²) in [5.41, 5.74) is 7.22. The fraction of sp³-hybridized carbons (Fsp3) is 0.231. The number of nitrogen functional groups attached to an aromatic ring is 1. The first-order valence-corrected chi connectivity index (χ1v) is 6.72. The van der Waals surface area contributed by atoms with Crippen LogP contribution in [-0.2, 0) is 12.8 Å². The Morgan fingerprint density at radius 3 is 2.89 bits per heavy atom. The van der Waals surface area contributed by atoms with E-state index in [0.29, 0.717) is 11.3 Å². The van der Waals surface area contributed by atoms with Crippen molar-refractivity contribution in [2.75, 3.05) is 7.11 Å². The number of nitrogens with one attached hydrogen (secondary N) is 1. The highest BCUT2D eigenvalue weighted by Gasteiger charge is 2.08. The molecule has 1 aromatic heterocycles.